The van der Waals surface area contributed by atoms with Crippen molar-refractivity contribution in [3.05, 3.63) is 60.3 Å². The van der Waals surface area contributed by atoms with E-state index in [0.29, 0.717) is 5.92 Å². The summed E-state index contributed by atoms with van der Waals surface area (Å²) in [4.78, 5) is 0. The van der Waals surface area contributed by atoms with Crippen molar-refractivity contribution in [3.63, 3.8) is 0 Å². The summed E-state index contributed by atoms with van der Waals surface area (Å²) in [5, 5.41) is 0. The van der Waals surface area contributed by atoms with Crippen molar-refractivity contribution in [2.24, 2.45) is 5.92 Å². The predicted octanol–water partition coefficient (Wildman–Crippen LogP) is 3.81. The second-order valence-corrected chi connectivity index (χ2v) is 3.31. The Morgan fingerprint density at radius 3 is 2.69 bits per heavy atom. The van der Waals surface area contributed by atoms with Gasteiger partial charge < -0.3 is 0 Å². The van der Waals surface area contributed by atoms with E-state index in [1.54, 1.807) is 6.08 Å². The third kappa shape index (κ3) is 2.90. The Kier molecular flexibility index (Phi) is 3.51. The van der Waals surface area contributed by atoms with E-state index in [1.807, 2.05) is 6.08 Å². The van der Waals surface area contributed by atoms with Gasteiger partial charge in [-0.25, -0.2) is 0 Å². The van der Waals surface area contributed by atoms with Crippen LogP contribution in [0.15, 0.2) is 60.3 Å². The van der Waals surface area contributed by atoms with E-state index in [2.05, 4.69) is 50.8 Å². The van der Waals surface area contributed by atoms with E-state index in [0.717, 1.165) is 0 Å². The third-order valence-electron chi connectivity index (χ3n) is 2.10. The average molecular weight is 172 g/mol. The Hall–Kier alpha value is -1.30. The van der Waals surface area contributed by atoms with Crippen LogP contribution in [0.3, 0.4) is 0 Å². The largest absolute Gasteiger partial charge is 0.0991 e. The first kappa shape index (κ1) is 9.79. The van der Waals surface area contributed by atoms with Crippen molar-refractivity contribution in [1.82, 2.24) is 0 Å². The molecule has 1 aliphatic rings. The van der Waals surface area contributed by atoms with Crippen LogP contribution in [0.25, 0.3) is 0 Å². The summed E-state index contributed by atoms with van der Waals surface area (Å²) >= 11 is 0. The van der Waals surface area contributed by atoms with Crippen LogP contribution in [0.4, 0.5) is 0 Å². The van der Waals surface area contributed by atoms with Crippen molar-refractivity contribution < 1.29 is 0 Å². The van der Waals surface area contributed by atoms with Crippen LogP contribution >= 0.6 is 0 Å². The smallest absolute Gasteiger partial charge is 0.00753 e. The first-order valence-corrected chi connectivity index (χ1v) is 4.60. The van der Waals surface area contributed by atoms with Crippen LogP contribution < -0.4 is 0 Å². The highest BCUT2D eigenvalue weighted by Crippen LogP contribution is 2.16. The Labute approximate surface area is 80.7 Å². The standard InChI is InChI=1S/C13H16/c1-4-5-6-13-10-8-11(2)7-9-12(13)3/h4-11H,1H2,2-3H3/b6-5-. The molecule has 0 saturated heterocycles. The monoisotopic (exact) mass is 172 g/mol. The molecule has 0 radical (unpaired) electrons. The fraction of sp³-hybridized carbons (Fsp3) is 0.231. The third-order valence-corrected chi connectivity index (χ3v) is 2.10. The van der Waals surface area contributed by atoms with Crippen LogP contribution in [0.5, 0.6) is 0 Å². The van der Waals surface area contributed by atoms with Gasteiger partial charge in [0.2, 0.25) is 0 Å². The minimum Gasteiger partial charge on any atom is -0.0991 e. The Balaban J connectivity index is 2.93. The zero-order valence-corrected chi connectivity index (χ0v) is 8.33. The van der Waals surface area contributed by atoms with Crippen LogP contribution in [0.1, 0.15) is 13.8 Å². The van der Waals surface area contributed by atoms with Crippen molar-refractivity contribution in [1.29, 1.82) is 0 Å². The van der Waals surface area contributed by atoms with E-state index < -0.39 is 0 Å². The first-order chi connectivity index (χ1) is 6.24. The molecule has 1 aliphatic carbocycles. The van der Waals surface area contributed by atoms with Gasteiger partial charge in [0.1, 0.15) is 0 Å². The number of rotatable bonds is 2. The number of hydrogen-bond donors (Lipinski definition) is 0. The van der Waals surface area contributed by atoms with Crippen molar-refractivity contribution in [3.8, 4) is 0 Å². The van der Waals surface area contributed by atoms with Gasteiger partial charge in [-0.2, -0.15) is 0 Å². The lowest BCUT2D eigenvalue weighted by atomic mass is 10.1. The van der Waals surface area contributed by atoms with Crippen LogP contribution in [0, 0.1) is 5.92 Å². The highest BCUT2D eigenvalue weighted by Gasteiger charge is 1.98. The van der Waals surface area contributed by atoms with Gasteiger partial charge in [-0.05, 0) is 24.0 Å². The van der Waals surface area contributed by atoms with Gasteiger partial charge in [0.05, 0.1) is 0 Å². The topological polar surface area (TPSA) is 0 Å². The van der Waals surface area contributed by atoms with E-state index in [9.17, 15) is 0 Å². The lowest BCUT2D eigenvalue weighted by molar-refractivity contribution is 0.941. The average Bonchev–Trinajstić information content (AvgIpc) is 2.28. The summed E-state index contributed by atoms with van der Waals surface area (Å²) < 4.78 is 0. The highest BCUT2D eigenvalue weighted by atomic mass is 14.0. The van der Waals surface area contributed by atoms with Crippen molar-refractivity contribution in [2.45, 2.75) is 13.8 Å². The molecule has 0 heteroatoms. The lowest BCUT2D eigenvalue weighted by Crippen LogP contribution is -1.78. The molecule has 0 aromatic heterocycles. The molecule has 0 nitrogen and oxygen atoms in total. The molecule has 1 atom stereocenters. The van der Waals surface area contributed by atoms with Crippen LogP contribution in [-0.2, 0) is 0 Å². The molecule has 0 fully saturated rings. The molecule has 0 N–H and O–H groups in total. The predicted molar refractivity (Wildman–Crippen MR) is 59.5 cm³/mol. The molecule has 1 unspecified atom stereocenters. The number of hydrogen-bond acceptors (Lipinski definition) is 0. The maximum Gasteiger partial charge on any atom is -0.00753 e. The first-order valence-electron chi connectivity index (χ1n) is 4.60. The molecule has 0 saturated carbocycles. The van der Waals surface area contributed by atoms with Crippen LogP contribution in [-0.4, -0.2) is 0 Å². The van der Waals surface area contributed by atoms with Gasteiger partial charge in [-0.1, -0.05) is 56.0 Å². The van der Waals surface area contributed by atoms with Gasteiger partial charge >= 0.3 is 0 Å². The molecule has 68 valence electrons. The van der Waals surface area contributed by atoms with Crippen LogP contribution in [0.2, 0.25) is 0 Å². The maximum absolute atomic E-state index is 3.66. The normalized spacial score (nSPS) is 22.5. The van der Waals surface area contributed by atoms with Gasteiger partial charge in [-0.15, -0.1) is 0 Å². The fourth-order valence-electron chi connectivity index (χ4n) is 1.20. The maximum atomic E-state index is 3.66. The van der Waals surface area contributed by atoms with Gasteiger partial charge in [-0.3, -0.25) is 0 Å². The molecule has 0 aliphatic heterocycles. The zero-order valence-electron chi connectivity index (χ0n) is 8.33. The summed E-state index contributed by atoms with van der Waals surface area (Å²) in [6.45, 7) is 7.96. The van der Waals surface area contributed by atoms with Gasteiger partial charge in [0.15, 0.2) is 0 Å². The molecule has 0 aromatic rings. The van der Waals surface area contributed by atoms with Crippen molar-refractivity contribution >= 4 is 0 Å². The minimum absolute atomic E-state index is 0.532. The second-order valence-electron chi connectivity index (χ2n) is 3.31. The molecule has 1 rings (SSSR count). The van der Waals surface area contributed by atoms with E-state index in [-0.39, 0.29) is 0 Å². The number of allylic oxidation sites excluding steroid dienone is 9. The molecular weight excluding hydrogens is 156 g/mol. The zero-order chi connectivity index (χ0) is 9.68. The summed E-state index contributed by atoms with van der Waals surface area (Å²) in [5.74, 6) is 0.532. The highest BCUT2D eigenvalue weighted by molar-refractivity contribution is 5.42. The van der Waals surface area contributed by atoms with Crippen molar-refractivity contribution in [2.75, 3.05) is 0 Å². The lowest BCUT2D eigenvalue weighted by Gasteiger charge is -1.95. The molecule has 13 heavy (non-hydrogen) atoms. The molecule has 0 heterocycles. The van der Waals surface area contributed by atoms with Gasteiger partial charge in [0, 0.05) is 0 Å². The Morgan fingerprint density at radius 1 is 1.31 bits per heavy atom. The molecule has 0 spiro atoms. The molecule has 0 aromatic carbocycles. The molecule has 0 amide bonds. The quantitative estimate of drug-likeness (QED) is 0.556. The fourth-order valence-corrected chi connectivity index (χ4v) is 1.20. The van der Waals surface area contributed by atoms with E-state index >= 15 is 0 Å². The Bertz CT molecular complexity index is 298. The molecule has 0 bridgehead atoms. The summed E-state index contributed by atoms with van der Waals surface area (Å²) in [7, 11) is 0. The summed E-state index contributed by atoms with van der Waals surface area (Å²) in [6.07, 6.45) is 14.6. The Morgan fingerprint density at radius 2 is 2.00 bits per heavy atom. The molecular formula is C13H16. The van der Waals surface area contributed by atoms with E-state index in [1.165, 1.54) is 11.1 Å². The summed E-state index contributed by atoms with van der Waals surface area (Å²) in [6, 6.07) is 0. The second kappa shape index (κ2) is 4.66. The van der Waals surface area contributed by atoms with E-state index in [4.69, 9.17) is 0 Å². The van der Waals surface area contributed by atoms with Gasteiger partial charge in [0.25, 0.3) is 0 Å². The SMILES string of the molecule is C=C/C=C\C1=C(C)C=CC(C)C=C1. The minimum atomic E-state index is 0.532. The summed E-state index contributed by atoms with van der Waals surface area (Å²) in [5.41, 5.74) is 2.57.